The highest BCUT2D eigenvalue weighted by Crippen LogP contribution is 2.28. The lowest BCUT2D eigenvalue weighted by Crippen LogP contribution is -2.49. The van der Waals surface area contributed by atoms with Crippen molar-refractivity contribution in [2.45, 2.75) is 19.4 Å². The Morgan fingerprint density at radius 3 is 2.41 bits per heavy atom. The second kappa shape index (κ2) is 10.6. The molecular weight excluding hydrogens is 404 g/mol. The van der Waals surface area contributed by atoms with Crippen LogP contribution in [0.1, 0.15) is 18.4 Å². The van der Waals surface area contributed by atoms with Gasteiger partial charge in [0.25, 0.3) is 0 Å². The summed E-state index contributed by atoms with van der Waals surface area (Å²) in [6, 6.07) is 15.8. The summed E-state index contributed by atoms with van der Waals surface area (Å²) in [7, 11) is 1.65. The molecular formula is C25H34N4O3. The number of piperazine rings is 1. The summed E-state index contributed by atoms with van der Waals surface area (Å²) in [6.07, 6.45) is 1.88. The maximum Gasteiger partial charge on any atom is 0.410 e. The summed E-state index contributed by atoms with van der Waals surface area (Å²) >= 11 is 0. The predicted octanol–water partition coefficient (Wildman–Crippen LogP) is 3.45. The number of nitrogens with two attached hydrogens (primary N) is 1. The molecule has 32 heavy (non-hydrogen) atoms. The Kier molecular flexibility index (Phi) is 7.37. The standard InChI is InChI=1S/C25H34N4O3/c1-31-24-17-22(7-8-23(24)26)28-15-13-27(14-16-28)18-20-9-11-29(12-10-20)25(30)32-19-21-5-3-2-4-6-21/h2-8,17,20H,9-16,18-19,26H2,1H3. The molecule has 0 bridgehead atoms. The summed E-state index contributed by atoms with van der Waals surface area (Å²) in [5.41, 5.74) is 8.80. The summed E-state index contributed by atoms with van der Waals surface area (Å²) in [5, 5.41) is 0. The topological polar surface area (TPSA) is 71.3 Å². The third-order valence-electron chi connectivity index (χ3n) is 6.55. The minimum absolute atomic E-state index is 0.195. The van der Waals surface area contributed by atoms with Crippen molar-refractivity contribution in [3.63, 3.8) is 0 Å². The first kappa shape index (κ1) is 22.3. The second-order valence-corrected chi connectivity index (χ2v) is 8.68. The van der Waals surface area contributed by atoms with E-state index in [0.717, 1.165) is 75.7 Å². The second-order valence-electron chi connectivity index (χ2n) is 8.68. The summed E-state index contributed by atoms with van der Waals surface area (Å²) in [6.45, 7) is 7.09. The van der Waals surface area contributed by atoms with Gasteiger partial charge >= 0.3 is 6.09 Å². The minimum Gasteiger partial charge on any atom is -0.495 e. The van der Waals surface area contributed by atoms with Crippen molar-refractivity contribution in [3.8, 4) is 5.75 Å². The van der Waals surface area contributed by atoms with E-state index in [4.69, 9.17) is 15.2 Å². The Labute approximate surface area is 190 Å². The van der Waals surface area contributed by atoms with E-state index >= 15 is 0 Å². The zero-order valence-corrected chi connectivity index (χ0v) is 18.9. The number of hydrogen-bond donors (Lipinski definition) is 1. The van der Waals surface area contributed by atoms with Crippen molar-refractivity contribution in [1.82, 2.24) is 9.80 Å². The summed E-state index contributed by atoms with van der Waals surface area (Å²) < 4.78 is 10.8. The van der Waals surface area contributed by atoms with Gasteiger partial charge in [0.1, 0.15) is 12.4 Å². The lowest BCUT2D eigenvalue weighted by Gasteiger charge is -2.39. The Morgan fingerprint density at radius 2 is 1.72 bits per heavy atom. The molecule has 2 fully saturated rings. The molecule has 0 spiro atoms. The fourth-order valence-electron chi connectivity index (χ4n) is 4.56. The zero-order chi connectivity index (χ0) is 22.3. The van der Waals surface area contributed by atoms with Gasteiger partial charge in [0.2, 0.25) is 0 Å². The van der Waals surface area contributed by atoms with Crippen molar-refractivity contribution >= 4 is 17.5 Å². The van der Waals surface area contributed by atoms with Gasteiger partial charge in [-0.2, -0.15) is 0 Å². The highest BCUT2D eigenvalue weighted by atomic mass is 16.6. The van der Waals surface area contributed by atoms with Crippen LogP contribution in [-0.2, 0) is 11.3 Å². The third-order valence-corrected chi connectivity index (χ3v) is 6.55. The molecule has 0 unspecified atom stereocenters. The van der Waals surface area contributed by atoms with Crippen LogP contribution >= 0.6 is 0 Å². The number of methoxy groups -OCH3 is 1. The van der Waals surface area contributed by atoms with Crippen molar-refractivity contribution in [2.75, 3.05) is 63.6 Å². The maximum atomic E-state index is 12.4. The van der Waals surface area contributed by atoms with E-state index in [1.807, 2.05) is 47.4 Å². The Morgan fingerprint density at radius 1 is 1.00 bits per heavy atom. The van der Waals surface area contributed by atoms with E-state index in [-0.39, 0.29) is 6.09 Å². The molecule has 2 heterocycles. The highest BCUT2D eigenvalue weighted by Gasteiger charge is 2.26. The number of anilines is 2. The zero-order valence-electron chi connectivity index (χ0n) is 18.9. The van der Waals surface area contributed by atoms with Gasteiger partial charge in [-0.15, -0.1) is 0 Å². The first-order valence-electron chi connectivity index (χ1n) is 11.5. The van der Waals surface area contributed by atoms with Gasteiger partial charge in [-0.25, -0.2) is 4.79 Å². The van der Waals surface area contributed by atoms with Gasteiger partial charge in [-0.05, 0) is 36.5 Å². The van der Waals surface area contributed by atoms with Gasteiger partial charge in [-0.1, -0.05) is 30.3 Å². The third kappa shape index (κ3) is 5.65. The van der Waals surface area contributed by atoms with E-state index in [9.17, 15) is 4.79 Å². The summed E-state index contributed by atoms with van der Waals surface area (Å²) in [4.78, 5) is 19.2. The number of amides is 1. The molecule has 0 radical (unpaired) electrons. The fraction of sp³-hybridized carbons (Fsp3) is 0.480. The van der Waals surface area contributed by atoms with Crippen LogP contribution in [0.4, 0.5) is 16.2 Å². The van der Waals surface area contributed by atoms with E-state index < -0.39 is 0 Å². The number of ether oxygens (including phenoxy) is 2. The first-order chi connectivity index (χ1) is 15.6. The first-order valence-corrected chi connectivity index (χ1v) is 11.5. The van der Waals surface area contributed by atoms with Crippen molar-refractivity contribution in [1.29, 1.82) is 0 Å². The molecule has 4 rings (SSSR count). The molecule has 2 aliphatic rings. The molecule has 0 atom stereocenters. The maximum absolute atomic E-state index is 12.4. The van der Waals surface area contributed by atoms with Crippen molar-refractivity contribution in [3.05, 3.63) is 54.1 Å². The lowest BCUT2D eigenvalue weighted by atomic mass is 9.96. The quantitative estimate of drug-likeness (QED) is 0.697. The Balaban J connectivity index is 1.17. The highest BCUT2D eigenvalue weighted by molar-refractivity contribution is 5.67. The van der Waals surface area contributed by atoms with Crippen LogP contribution in [-0.4, -0.2) is 68.8 Å². The van der Waals surface area contributed by atoms with E-state index in [2.05, 4.69) is 15.9 Å². The van der Waals surface area contributed by atoms with Crippen molar-refractivity contribution < 1.29 is 14.3 Å². The number of likely N-dealkylation sites (tertiary alicyclic amines) is 1. The molecule has 0 aliphatic carbocycles. The number of carbonyl (C=O) groups is 1. The molecule has 2 aromatic rings. The van der Waals surface area contributed by atoms with Gasteiger partial charge in [0, 0.05) is 57.6 Å². The smallest absolute Gasteiger partial charge is 0.410 e. The molecule has 2 aliphatic heterocycles. The van der Waals surface area contributed by atoms with Crippen LogP contribution in [0.25, 0.3) is 0 Å². The fourth-order valence-corrected chi connectivity index (χ4v) is 4.56. The number of rotatable bonds is 6. The van der Waals surface area contributed by atoms with Crippen LogP contribution in [0.2, 0.25) is 0 Å². The largest absolute Gasteiger partial charge is 0.495 e. The molecule has 0 saturated carbocycles. The van der Waals surface area contributed by atoms with Gasteiger partial charge < -0.3 is 25.0 Å². The molecule has 7 heteroatoms. The van der Waals surface area contributed by atoms with Crippen LogP contribution in [0.15, 0.2) is 48.5 Å². The molecule has 0 aromatic heterocycles. The van der Waals surface area contributed by atoms with Crippen molar-refractivity contribution in [2.24, 2.45) is 5.92 Å². The average Bonchev–Trinajstić information content (AvgIpc) is 2.84. The number of nitrogen functional groups attached to an aromatic ring is 1. The number of benzene rings is 2. The normalized spacial score (nSPS) is 17.9. The predicted molar refractivity (Wildman–Crippen MR) is 127 cm³/mol. The van der Waals surface area contributed by atoms with E-state index in [1.165, 1.54) is 0 Å². The van der Waals surface area contributed by atoms with Gasteiger partial charge in [-0.3, -0.25) is 4.90 Å². The number of carbonyl (C=O) groups excluding carboxylic acids is 1. The number of nitrogens with zero attached hydrogens (tertiary/aromatic N) is 3. The van der Waals surface area contributed by atoms with Gasteiger partial charge in [0.05, 0.1) is 12.8 Å². The van der Waals surface area contributed by atoms with Crippen LogP contribution in [0, 0.1) is 5.92 Å². The molecule has 7 nitrogen and oxygen atoms in total. The van der Waals surface area contributed by atoms with Gasteiger partial charge in [0.15, 0.2) is 0 Å². The van der Waals surface area contributed by atoms with E-state index in [0.29, 0.717) is 18.2 Å². The average molecular weight is 439 g/mol. The molecule has 2 aromatic carbocycles. The molecule has 2 N–H and O–H groups in total. The molecule has 172 valence electrons. The van der Waals surface area contributed by atoms with Crippen LogP contribution in [0.3, 0.4) is 0 Å². The number of hydrogen-bond acceptors (Lipinski definition) is 6. The Hall–Kier alpha value is -2.93. The van der Waals surface area contributed by atoms with Crippen LogP contribution in [0.5, 0.6) is 5.75 Å². The Bertz CT molecular complexity index is 876. The van der Waals surface area contributed by atoms with E-state index in [1.54, 1.807) is 7.11 Å². The monoisotopic (exact) mass is 438 g/mol. The number of piperidine rings is 1. The van der Waals surface area contributed by atoms with Crippen LogP contribution < -0.4 is 15.4 Å². The minimum atomic E-state index is -0.195. The molecule has 2 saturated heterocycles. The summed E-state index contributed by atoms with van der Waals surface area (Å²) in [5.74, 6) is 1.37. The molecule has 1 amide bonds. The lowest BCUT2D eigenvalue weighted by molar-refractivity contribution is 0.0768. The SMILES string of the molecule is COc1cc(N2CCN(CC3CCN(C(=O)OCc4ccccc4)CC3)CC2)ccc1N.